The van der Waals surface area contributed by atoms with Gasteiger partial charge in [-0.2, -0.15) is 0 Å². The van der Waals surface area contributed by atoms with Gasteiger partial charge in [0.25, 0.3) is 5.91 Å². The number of amides is 2. The molecular formula is C18H22N2O4. The number of hydrogen-bond acceptors (Lipinski definition) is 4. The van der Waals surface area contributed by atoms with Crippen molar-refractivity contribution in [2.24, 2.45) is 5.92 Å². The first-order chi connectivity index (χ1) is 11.7. The molecule has 2 heterocycles. The monoisotopic (exact) mass is 330 g/mol. The second-order valence-corrected chi connectivity index (χ2v) is 6.73. The highest BCUT2D eigenvalue weighted by Gasteiger charge is 2.35. The molecule has 0 radical (unpaired) electrons. The van der Waals surface area contributed by atoms with E-state index in [9.17, 15) is 9.59 Å². The van der Waals surface area contributed by atoms with Crippen molar-refractivity contribution in [1.82, 2.24) is 4.90 Å². The van der Waals surface area contributed by atoms with E-state index in [2.05, 4.69) is 0 Å². The normalized spacial score (nSPS) is 23.4. The number of rotatable bonds is 5. The molecule has 0 bridgehead atoms. The summed E-state index contributed by atoms with van der Waals surface area (Å²) < 4.78 is 10.4. The van der Waals surface area contributed by atoms with Crippen LogP contribution in [0.5, 0.6) is 0 Å². The Hall–Kier alpha value is -2.08. The first-order valence-electron chi connectivity index (χ1n) is 8.65. The fourth-order valence-electron chi connectivity index (χ4n) is 3.37. The number of carbonyl (C=O) groups is 2. The summed E-state index contributed by atoms with van der Waals surface area (Å²) in [7, 11) is 0. The molecule has 3 aliphatic rings. The van der Waals surface area contributed by atoms with E-state index in [-0.39, 0.29) is 12.0 Å². The maximum atomic E-state index is 12.9. The number of benzene rings is 1. The lowest BCUT2D eigenvalue weighted by atomic mass is 10.1. The lowest BCUT2D eigenvalue weighted by Crippen LogP contribution is -2.37. The van der Waals surface area contributed by atoms with E-state index in [0.29, 0.717) is 30.7 Å². The molecule has 128 valence electrons. The van der Waals surface area contributed by atoms with Gasteiger partial charge in [-0.1, -0.05) is 0 Å². The van der Waals surface area contributed by atoms with E-state index >= 15 is 0 Å². The van der Waals surface area contributed by atoms with E-state index in [1.165, 1.54) is 0 Å². The molecule has 0 N–H and O–H groups in total. The summed E-state index contributed by atoms with van der Waals surface area (Å²) in [6, 6.07) is 7.65. The van der Waals surface area contributed by atoms with E-state index in [1.54, 1.807) is 4.90 Å². The van der Waals surface area contributed by atoms with Gasteiger partial charge in [-0.3, -0.25) is 9.69 Å². The fraction of sp³-hybridized carbons (Fsp3) is 0.556. The van der Waals surface area contributed by atoms with Crippen LogP contribution < -0.4 is 4.90 Å². The minimum atomic E-state index is -0.324. The molecule has 2 amide bonds. The molecule has 24 heavy (non-hydrogen) atoms. The van der Waals surface area contributed by atoms with Gasteiger partial charge >= 0.3 is 6.09 Å². The van der Waals surface area contributed by atoms with Crippen LogP contribution in [-0.2, 0) is 9.47 Å². The Morgan fingerprint density at radius 3 is 2.54 bits per heavy atom. The molecule has 1 saturated carbocycles. The predicted octanol–water partition coefficient (Wildman–Crippen LogP) is 2.28. The topological polar surface area (TPSA) is 59.1 Å². The van der Waals surface area contributed by atoms with Crippen LogP contribution in [0.1, 0.15) is 29.6 Å². The van der Waals surface area contributed by atoms with Gasteiger partial charge in [0.15, 0.2) is 0 Å². The van der Waals surface area contributed by atoms with Gasteiger partial charge in [0, 0.05) is 36.4 Å². The van der Waals surface area contributed by atoms with Crippen molar-refractivity contribution in [3.05, 3.63) is 29.8 Å². The number of anilines is 1. The molecule has 1 aliphatic carbocycles. The summed E-state index contributed by atoms with van der Waals surface area (Å²) in [5.41, 5.74) is 1.45. The van der Waals surface area contributed by atoms with Crippen molar-refractivity contribution in [3.63, 3.8) is 0 Å². The smallest absolute Gasteiger partial charge is 0.414 e. The van der Waals surface area contributed by atoms with E-state index in [0.717, 1.165) is 44.7 Å². The Labute approximate surface area is 141 Å². The van der Waals surface area contributed by atoms with Crippen LogP contribution in [0.15, 0.2) is 24.3 Å². The number of nitrogens with zero attached hydrogens (tertiary/aromatic N) is 2. The second-order valence-electron chi connectivity index (χ2n) is 6.73. The zero-order valence-corrected chi connectivity index (χ0v) is 13.6. The van der Waals surface area contributed by atoms with Crippen LogP contribution in [0.25, 0.3) is 0 Å². The van der Waals surface area contributed by atoms with Gasteiger partial charge in [0.2, 0.25) is 0 Å². The average molecular weight is 330 g/mol. The van der Waals surface area contributed by atoms with Gasteiger partial charge in [-0.15, -0.1) is 0 Å². The van der Waals surface area contributed by atoms with Crippen LogP contribution >= 0.6 is 0 Å². The molecule has 6 nitrogen and oxygen atoms in total. The van der Waals surface area contributed by atoms with Crippen LogP contribution in [-0.4, -0.2) is 55.9 Å². The Kier molecular flexibility index (Phi) is 4.14. The van der Waals surface area contributed by atoms with Gasteiger partial charge < -0.3 is 14.4 Å². The van der Waals surface area contributed by atoms with Crippen molar-refractivity contribution < 1.29 is 19.1 Å². The minimum Gasteiger partial charge on any atom is -0.447 e. The summed E-state index contributed by atoms with van der Waals surface area (Å²) in [4.78, 5) is 28.1. The Morgan fingerprint density at radius 2 is 1.96 bits per heavy atom. The number of cyclic esters (lactones) is 1. The van der Waals surface area contributed by atoms with Gasteiger partial charge in [-0.05, 0) is 43.5 Å². The molecule has 0 spiro atoms. The third-order valence-electron chi connectivity index (χ3n) is 4.91. The van der Waals surface area contributed by atoms with Gasteiger partial charge in [0.1, 0.15) is 6.61 Å². The Balaban J connectivity index is 1.46. The Bertz CT molecular complexity index is 620. The van der Waals surface area contributed by atoms with Crippen molar-refractivity contribution >= 4 is 17.7 Å². The number of carbonyl (C=O) groups excluding carboxylic acids is 2. The first-order valence-corrected chi connectivity index (χ1v) is 8.65. The van der Waals surface area contributed by atoms with Crippen LogP contribution in [0.3, 0.4) is 0 Å². The van der Waals surface area contributed by atoms with Crippen LogP contribution in [0, 0.1) is 5.92 Å². The number of ether oxygens (including phenoxy) is 2. The van der Waals surface area contributed by atoms with Crippen LogP contribution in [0.4, 0.5) is 10.5 Å². The molecular weight excluding hydrogens is 308 g/mol. The maximum absolute atomic E-state index is 12.9. The highest BCUT2D eigenvalue weighted by Crippen LogP contribution is 2.31. The van der Waals surface area contributed by atoms with Crippen molar-refractivity contribution in [2.75, 3.05) is 37.8 Å². The molecule has 1 aromatic carbocycles. The molecule has 2 aliphatic heterocycles. The van der Waals surface area contributed by atoms with Crippen molar-refractivity contribution in [2.45, 2.75) is 25.3 Å². The van der Waals surface area contributed by atoms with E-state index < -0.39 is 0 Å². The largest absolute Gasteiger partial charge is 0.447 e. The summed E-state index contributed by atoms with van der Waals surface area (Å²) in [6.07, 6.45) is 2.90. The summed E-state index contributed by atoms with van der Waals surface area (Å²) in [5.74, 6) is 0.535. The van der Waals surface area contributed by atoms with E-state index in [1.807, 2.05) is 29.2 Å². The number of hydrogen-bond donors (Lipinski definition) is 0. The lowest BCUT2D eigenvalue weighted by Gasteiger charge is -2.25. The highest BCUT2D eigenvalue weighted by molar-refractivity contribution is 5.96. The predicted molar refractivity (Wildman–Crippen MR) is 88.1 cm³/mol. The highest BCUT2D eigenvalue weighted by atomic mass is 16.6. The summed E-state index contributed by atoms with van der Waals surface area (Å²) >= 11 is 0. The summed E-state index contributed by atoms with van der Waals surface area (Å²) in [6.45, 7) is 3.31. The maximum Gasteiger partial charge on any atom is 0.414 e. The standard InChI is InChI=1S/C18H22N2O4/c21-17(20(16-5-6-16)11-13-7-9-23-12-13)14-1-3-15(4-2-14)19-8-10-24-18(19)22/h1-4,13,16H,5-12H2/t13-/m1/s1. The molecule has 0 unspecified atom stereocenters. The molecule has 0 aromatic heterocycles. The van der Waals surface area contributed by atoms with Crippen molar-refractivity contribution in [1.29, 1.82) is 0 Å². The van der Waals surface area contributed by atoms with Crippen LogP contribution in [0.2, 0.25) is 0 Å². The summed E-state index contributed by atoms with van der Waals surface area (Å²) in [5, 5.41) is 0. The molecule has 6 heteroatoms. The molecule has 2 saturated heterocycles. The van der Waals surface area contributed by atoms with E-state index in [4.69, 9.17) is 9.47 Å². The third kappa shape index (κ3) is 3.11. The average Bonchev–Trinajstić information content (AvgIpc) is 3.14. The Morgan fingerprint density at radius 1 is 1.17 bits per heavy atom. The molecule has 1 aromatic rings. The minimum absolute atomic E-state index is 0.0833. The quantitative estimate of drug-likeness (QED) is 0.831. The zero-order chi connectivity index (χ0) is 16.5. The van der Waals surface area contributed by atoms with Crippen molar-refractivity contribution in [3.8, 4) is 0 Å². The molecule has 4 rings (SSSR count). The first kappa shape index (κ1) is 15.4. The second kappa shape index (κ2) is 6.43. The van der Waals surface area contributed by atoms with Gasteiger partial charge in [-0.25, -0.2) is 4.79 Å². The SMILES string of the molecule is O=C1OCCN1c1ccc(C(=O)N(C[C@H]2CCOC2)C2CC2)cc1. The zero-order valence-electron chi connectivity index (χ0n) is 13.6. The fourth-order valence-corrected chi connectivity index (χ4v) is 3.37. The van der Waals surface area contributed by atoms with Gasteiger partial charge in [0.05, 0.1) is 13.2 Å². The lowest BCUT2D eigenvalue weighted by molar-refractivity contribution is 0.0706. The molecule has 3 fully saturated rings. The molecule has 1 atom stereocenters. The third-order valence-corrected chi connectivity index (χ3v) is 4.91.